The number of aromatic nitrogens is 4. The second-order valence-corrected chi connectivity index (χ2v) is 4.85. The van der Waals surface area contributed by atoms with E-state index in [2.05, 4.69) is 30.2 Å². The van der Waals surface area contributed by atoms with Gasteiger partial charge in [-0.05, 0) is 31.1 Å². The molecule has 0 bridgehead atoms. The minimum Gasteiger partial charge on any atom is -0.358 e. The molecule has 154 valence electrons. The van der Waals surface area contributed by atoms with Gasteiger partial charge in [-0.3, -0.25) is 20.2 Å². The maximum atomic E-state index is 11.1. The number of hydrogen-bond donors (Lipinski definition) is 0. The quantitative estimate of drug-likeness (QED) is 0.186. The third kappa shape index (κ3) is 3.68. The van der Waals surface area contributed by atoms with Gasteiger partial charge < -0.3 is 20.2 Å². The highest BCUT2D eigenvalue weighted by atomic mass is 16.6. The molecule has 0 saturated heterocycles. The van der Waals surface area contributed by atoms with Crippen molar-refractivity contribution < 1.29 is 19.7 Å². The second-order valence-electron chi connectivity index (χ2n) is 4.85. The Kier molecular flexibility index (Phi) is 5.67. The van der Waals surface area contributed by atoms with Gasteiger partial charge >= 0.3 is 23.0 Å². The maximum Gasteiger partial charge on any atom is 0.468 e. The molecule has 0 spiro atoms. The summed E-state index contributed by atoms with van der Waals surface area (Å²) in [5, 5.41) is 56.8. The average molecular weight is 424 g/mol. The zero-order chi connectivity index (χ0) is 22.6. The van der Waals surface area contributed by atoms with Crippen LogP contribution < -0.4 is 0 Å². The van der Waals surface area contributed by atoms with Crippen molar-refractivity contribution in [2.45, 2.75) is 13.1 Å². The van der Waals surface area contributed by atoms with E-state index in [1.54, 1.807) is 0 Å². The lowest BCUT2D eigenvalue weighted by Gasteiger charge is -1.98. The third-order valence-electron chi connectivity index (χ3n) is 3.28. The number of rotatable bonds is 9. The summed E-state index contributed by atoms with van der Waals surface area (Å²) in [5.74, 6) is -4.24. The Bertz CT molecular complexity index is 1090. The number of nitro groups is 4. The molecule has 0 unspecified atom stereocenters. The summed E-state index contributed by atoms with van der Waals surface area (Å²) in [7, 11) is 0. The summed E-state index contributed by atoms with van der Waals surface area (Å²) in [6.45, 7) is -1.21. The molecular formula is C8H4N14O8. The molecule has 2 heterocycles. The van der Waals surface area contributed by atoms with E-state index in [4.69, 9.17) is 11.1 Å². The van der Waals surface area contributed by atoms with Crippen molar-refractivity contribution >= 4 is 34.6 Å². The second kappa shape index (κ2) is 8.12. The molecule has 2 aromatic heterocycles. The first-order chi connectivity index (χ1) is 14.1. The van der Waals surface area contributed by atoms with Gasteiger partial charge in [0.1, 0.15) is 0 Å². The normalized spacial score (nSPS) is 10.0. The van der Waals surface area contributed by atoms with Crippen LogP contribution in [0.5, 0.6) is 0 Å². The molecule has 2 aromatic rings. The van der Waals surface area contributed by atoms with Crippen LogP contribution in [-0.4, -0.2) is 39.3 Å². The summed E-state index contributed by atoms with van der Waals surface area (Å²) in [6.07, 6.45) is 0. The molecule has 0 radical (unpaired) electrons. The van der Waals surface area contributed by atoms with E-state index >= 15 is 0 Å². The van der Waals surface area contributed by atoms with Crippen molar-refractivity contribution in [3.05, 3.63) is 61.3 Å². The zero-order valence-corrected chi connectivity index (χ0v) is 13.9. The van der Waals surface area contributed by atoms with E-state index in [-0.39, 0.29) is 0 Å². The Morgan fingerprint density at radius 1 is 0.733 bits per heavy atom. The Hall–Kier alpha value is -5.36. The van der Waals surface area contributed by atoms with Crippen LogP contribution >= 0.6 is 0 Å². The Balaban J connectivity index is 2.59. The van der Waals surface area contributed by atoms with Crippen LogP contribution in [0.4, 0.5) is 34.6 Å². The smallest absolute Gasteiger partial charge is 0.358 e. The summed E-state index contributed by atoms with van der Waals surface area (Å²) in [6, 6.07) is 0. The maximum absolute atomic E-state index is 11.1. The van der Waals surface area contributed by atoms with E-state index in [0.717, 1.165) is 0 Å². The van der Waals surface area contributed by atoms with E-state index in [0.29, 0.717) is 9.36 Å². The van der Waals surface area contributed by atoms with Crippen molar-refractivity contribution in [2.24, 2.45) is 10.2 Å². The van der Waals surface area contributed by atoms with Crippen LogP contribution in [0.2, 0.25) is 0 Å². The van der Waals surface area contributed by atoms with Gasteiger partial charge in [-0.1, -0.05) is 0 Å². The van der Waals surface area contributed by atoms with Crippen LogP contribution in [0, 0.1) is 40.5 Å². The minimum absolute atomic E-state index is 0.523. The molecule has 0 atom stereocenters. The molecule has 0 aliphatic rings. The Morgan fingerprint density at radius 2 is 1.07 bits per heavy atom. The van der Waals surface area contributed by atoms with Gasteiger partial charge in [0.2, 0.25) is 11.6 Å². The van der Waals surface area contributed by atoms with Gasteiger partial charge in [0.15, 0.2) is 0 Å². The highest BCUT2D eigenvalue weighted by Crippen LogP contribution is 2.38. The van der Waals surface area contributed by atoms with Crippen LogP contribution in [0.3, 0.4) is 0 Å². The lowest BCUT2D eigenvalue weighted by Crippen LogP contribution is -2.10. The zero-order valence-electron chi connectivity index (χ0n) is 13.9. The van der Waals surface area contributed by atoms with Crippen molar-refractivity contribution in [2.75, 3.05) is 0 Å². The van der Waals surface area contributed by atoms with E-state index in [9.17, 15) is 40.5 Å². The van der Waals surface area contributed by atoms with Gasteiger partial charge in [-0.25, -0.2) is 0 Å². The largest absolute Gasteiger partial charge is 0.468 e. The van der Waals surface area contributed by atoms with Crippen molar-refractivity contribution in [1.29, 1.82) is 0 Å². The van der Waals surface area contributed by atoms with Gasteiger partial charge in [-0.2, -0.15) is 9.36 Å². The molecule has 0 N–H and O–H groups in total. The van der Waals surface area contributed by atoms with Gasteiger partial charge in [0, 0.05) is 9.82 Å². The first-order valence-electron chi connectivity index (χ1n) is 7.03. The Morgan fingerprint density at radius 3 is 1.30 bits per heavy atom. The fraction of sp³-hybridized carbons (Fsp3) is 0.250. The molecule has 0 aliphatic heterocycles. The summed E-state index contributed by atoms with van der Waals surface area (Å²) in [4.78, 5) is 43.9. The SMILES string of the molecule is [N-]=[N+]=Nc1c([N+](=O)[O-])c([N+](=O)[O-])nn1CCn1nc([N+](=O)[O-])c([N+](=O)[O-])c1N=[N+]=[N-]. The van der Waals surface area contributed by atoms with Gasteiger partial charge in [0.25, 0.3) is 0 Å². The standard InChI is InChI=1S/C8H4N14O8/c9-15-11-5-3(19(23)24)7(21(27)28)13-17(5)1-2-18-6(12-16-10)4(20(25)26)8(14-18)22(29)30/h1-2H2. The van der Waals surface area contributed by atoms with Crippen LogP contribution in [0.1, 0.15) is 0 Å². The Labute approximate surface area is 159 Å². The molecular weight excluding hydrogens is 420 g/mol. The molecule has 0 aromatic carbocycles. The lowest BCUT2D eigenvalue weighted by atomic mass is 10.4. The van der Waals surface area contributed by atoms with Gasteiger partial charge in [0.05, 0.1) is 33.1 Å². The molecule has 22 heteroatoms. The molecule has 30 heavy (non-hydrogen) atoms. The molecule has 0 amide bonds. The van der Waals surface area contributed by atoms with Crippen LogP contribution in [0.15, 0.2) is 10.2 Å². The first kappa shape index (κ1) is 20.9. The monoisotopic (exact) mass is 424 g/mol. The predicted octanol–water partition coefficient (Wildman–Crippen LogP) is 2.30. The highest BCUT2D eigenvalue weighted by Gasteiger charge is 2.39. The highest BCUT2D eigenvalue weighted by molar-refractivity contribution is 5.64. The van der Waals surface area contributed by atoms with Gasteiger partial charge in [-0.15, -0.1) is 0 Å². The number of hydrogen-bond acceptors (Lipinski definition) is 12. The molecule has 0 saturated carbocycles. The third-order valence-corrected chi connectivity index (χ3v) is 3.28. The average Bonchev–Trinajstić information content (AvgIpc) is 3.20. The van der Waals surface area contributed by atoms with Crippen LogP contribution in [-0.2, 0) is 13.1 Å². The molecule has 0 fully saturated rings. The minimum atomic E-state index is -1.25. The number of aryl methyl sites for hydroxylation is 2. The molecule has 22 nitrogen and oxygen atoms in total. The van der Waals surface area contributed by atoms with Crippen molar-refractivity contribution in [3.8, 4) is 0 Å². The van der Waals surface area contributed by atoms with E-state index in [1.807, 2.05) is 0 Å². The molecule has 0 aliphatic carbocycles. The summed E-state index contributed by atoms with van der Waals surface area (Å²) < 4.78 is 1.05. The predicted molar refractivity (Wildman–Crippen MR) is 88.7 cm³/mol. The summed E-state index contributed by atoms with van der Waals surface area (Å²) in [5.41, 5.74) is 14.7. The first-order valence-corrected chi connectivity index (χ1v) is 7.03. The fourth-order valence-electron chi connectivity index (χ4n) is 2.22. The van der Waals surface area contributed by atoms with Crippen LogP contribution in [0.25, 0.3) is 20.9 Å². The lowest BCUT2D eigenvalue weighted by molar-refractivity contribution is -0.424. The van der Waals surface area contributed by atoms with Crippen molar-refractivity contribution in [1.82, 2.24) is 19.6 Å². The summed E-state index contributed by atoms with van der Waals surface area (Å²) >= 11 is 0. The number of azide groups is 2. The van der Waals surface area contributed by atoms with Crippen molar-refractivity contribution in [3.63, 3.8) is 0 Å². The van der Waals surface area contributed by atoms with E-state index in [1.165, 1.54) is 0 Å². The topological polar surface area (TPSA) is 306 Å². The fourth-order valence-corrected chi connectivity index (χ4v) is 2.22. The molecule has 2 rings (SSSR count). The van der Waals surface area contributed by atoms with E-state index < -0.39 is 67.4 Å². The number of nitrogens with zero attached hydrogens (tertiary/aromatic N) is 14.